The fourth-order valence-electron chi connectivity index (χ4n) is 1.09. The number of aryl methyl sites for hydroxylation is 1. The topological polar surface area (TPSA) is 51.8 Å². The maximum absolute atomic E-state index is 5.83. The van der Waals surface area contributed by atoms with Crippen LogP contribution in [-0.4, -0.2) is 21.8 Å². The Kier molecular flexibility index (Phi) is 5.36. The summed E-state index contributed by atoms with van der Waals surface area (Å²) in [6, 6.07) is 2.03. The Morgan fingerprint density at radius 3 is 2.87 bits per heavy atom. The van der Waals surface area contributed by atoms with Crippen LogP contribution in [0.3, 0.4) is 0 Å². The molecule has 0 aliphatic heterocycles. The van der Waals surface area contributed by atoms with Gasteiger partial charge in [-0.25, -0.2) is 9.97 Å². The van der Waals surface area contributed by atoms with Gasteiger partial charge in [0.15, 0.2) is 0 Å². The van der Waals surface area contributed by atoms with E-state index in [1.165, 1.54) is 0 Å². The molecule has 0 fully saturated rings. The van der Waals surface area contributed by atoms with Gasteiger partial charge in [0.05, 0.1) is 5.75 Å². The summed E-state index contributed by atoms with van der Waals surface area (Å²) in [5.74, 6) is 2.63. The van der Waals surface area contributed by atoms with Crippen molar-refractivity contribution in [2.75, 3.05) is 5.75 Å². The molecular formula is C10H16ClN3S. The lowest BCUT2D eigenvalue weighted by molar-refractivity contribution is 0.721. The third-order valence-corrected chi connectivity index (χ3v) is 3.00. The number of hydrogen-bond donors (Lipinski definition) is 1. The summed E-state index contributed by atoms with van der Waals surface area (Å²) in [5.41, 5.74) is 6.57. The van der Waals surface area contributed by atoms with Gasteiger partial charge in [0, 0.05) is 11.7 Å². The van der Waals surface area contributed by atoms with Gasteiger partial charge in [0.1, 0.15) is 11.0 Å². The van der Waals surface area contributed by atoms with Crippen LogP contribution in [0.25, 0.3) is 0 Å². The van der Waals surface area contributed by atoms with E-state index in [0.717, 1.165) is 29.4 Å². The molecule has 1 heterocycles. The molecular weight excluding hydrogens is 230 g/mol. The highest BCUT2D eigenvalue weighted by atomic mass is 35.5. The summed E-state index contributed by atoms with van der Waals surface area (Å²) in [5, 5.41) is 0.519. The van der Waals surface area contributed by atoms with Gasteiger partial charge in [-0.3, -0.25) is 0 Å². The van der Waals surface area contributed by atoms with Crippen LogP contribution in [0.1, 0.15) is 24.9 Å². The van der Waals surface area contributed by atoms with Gasteiger partial charge >= 0.3 is 0 Å². The van der Waals surface area contributed by atoms with Gasteiger partial charge in [-0.15, -0.1) is 0 Å². The predicted octanol–water partition coefficient (Wildman–Crippen LogP) is 2.41. The fourth-order valence-corrected chi connectivity index (χ4v) is 2.34. The lowest BCUT2D eigenvalue weighted by atomic mass is 10.3. The molecule has 0 saturated heterocycles. The predicted molar refractivity (Wildman–Crippen MR) is 66.2 cm³/mol. The third kappa shape index (κ3) is 5.35. The van der Waals surface area contributed by atoms with Crippen molar-refractivity contribution in [1.29, 1.82) is 0 Å². The molecule has 3 nitrogen and oxygen atoms in total. The van der Waals surface area contributed by atoms with Gasteiger partial charge in [-0.05, 0) is 32.1 Å². The van der Waals surface area contributed by atoms with Gasteiger partial charge in [-0.2, -0.15) is 11.8 Å². The highest BCUT2D eigenvalue weighted by molar-refractivity contribution is 7.98. The molecule has 0 aliphatic rings. The summed E-state index contributed by atoms with van der Waals surface area (Å²) < 4.78 is 0. The van der Waals surface area contributed by atoms with Crippen molar-refractivity contribution in [2.24, 2.45) is 5.73 Å². The molecule has 0 spiro atoms. The highest BCUT2D eigenvalue weighted by Crippen LogP contribution is 2.13. The summed E-state index contributed by atoms with van der Waals surface area (Å²) >= 11 is 7.62. The smallest absolute Gasteiger partial charge is 0.140 e. The van der Waals surface area contributed by atoms with Crippen molar-refractivity contribution < 1.29 is 0 Å². The first-order chi connectivity index (χ1) is 7.08. The Balaban J connectivity index is 2.37. The van der Waals surface area contributed by atoms with Crippen molar-refractivity contribution in [2.45, 2.75) is 32.1 Å². The maximum Gasteiger partial charge on any atom is 0.140 e. The Morgan fingerprint density at radius 2 is 2.27 bits per heavy atom. The van der Waals surface area contributed by atoms with Crippen molar-refractivity contribution in [1.82, 2.24) is 9.97 Å². The van der Waals surface area contributed by atoms with E-state index < -0.39 is 0 Å². The highest BCUT2D eigenvalue weighted by Gasteiger charge is 2.01. The van der Waals surface area contributed by atoms with E-state index in [2.05, 4.69) is 9.97 Å². The van der Waals surface area contributed by atoms with Crippen molar-refractivity contribution in [3.8, 4) is 0 Å². The van der Waals surface area contributed by atoms with Gasteiger partial charge in [0.2, 0.25) is 0 Å². The zero-order valence-corrected chi connectivity index (χ0v) is 10.6. The molecule has 15 heavy (non-hydrogen) atoms. The van der Waals surface area contributed by atoms with Crippen LogP contribution in [0.15, 0.2) is 6.07 Å². The quantitative estimate of drug-likeness (QED) is 0.640. The number of aromatic nitrogens is 2. The van der Waals surface area contributed by atoms with Crippen LogP contribution in [-0.2, 0) is 5.75 Å². The molecule has 1 rings (SSSR count). The molecule has 1 unspecified atom stereocenters. The second-order valence-corrected chi connectivity index (χ2v) is 5.06. The van der Waals surface area contributed by atoms with E-state index in [-0.39, 0.29) is 6.04 Å². The summed E-state index contributed by atoms with van der Waals surface area (Å²) in [4.78, 5) is 8.46. The van der Waals surface area contributed by atoms with Crippen LogP contribution in [0.5, 0.6) is 0 Å². The van der Waals surface area contributed by atoms with Gasteiger partial charge in [0.25, 0.3) is 0 Å². The normalized spacial score (nSPS) is 12.8. The molecule has 0 radical (unpaired) electrons. The van der Waals surface area contributed by atoms with Crippen LogP contribution >= 0.6 is 23.4 Å². The van der Waals surface area contributed by atoms with Crippen LogP contribution in [0.4, 0.5) is 0 Å². The molecule has 2 N–H and O–H groups in total. The molecule has 84 valence electrons. The van der Waals surface area contributed by atoms with Crippen LogP contribution in [0, 0.1) is 6.92 Å². The van der Waals surface area contributed by atoms with E-state index in [9.17, 15) is 0 Å². The molecule has 0 bridgehead atoms. The summed E-state index contributed by atoms with van der Waals surface area (Å²) in [7, 11) is 0. The molecule has 0 amide bonds. The number of thioether (sulfide) groups is 1. The Hall–Kier alpha value is -0.320. The van der Waals surface area contributed by atoms with E-state index in [1.807, 2.05) is 13.8 Å². The molecule has 0 aromatic carbocycles. The molecule has 1 aromatic heterocycles. The van der Waals surface area contributed by atoms with Crippen molar-refractivity contribution in [3.63, 3.8) is 0 Å². The minimum atomic E-state index is 0.263. The van der Waals surface area contributed by atoms with Crippen molar-refractivity contribution in [3.05, 3.63) is 22.7 Å². The number of nitrogens with zero attached hydrogens (tertiary/aromatic N) is 2. The number of nitrogens with two attached hydrogens (primary N) is 1. The minimum absolute atomic E-state index is 0.263. The Bertz CT molecular complexity index is 297. The third-order valence-electron chi connectivity index (χ3n) is 1.82. The van der Waals surface area contributed by atoms with Crippen LogP contribution in [0.2, 0.25) is 5.15 Å². The number of halogens is 1. The average Bonchev–Trinajstić information content (AvgIpc) is 2.10. The zero-order chi connectivity index (χ0) is 11.3. The molecule has 5 heteroatoms. The fraction of sp³-hybridized carbons (Fsp3) is 0.600. The largest absolute Gasteiger partial charge is 0.328 e. The molecule has 1 atom stereocenters. The van der Waals surface area contributed by atoms with E-state index >= 15 is 0 Å². The summed E-state index contributed by atoms with van der Waals surface area (Å²) in [6.45, 7) is 3.93. The Labute approximate surface area is 99.8 Å². The maximum atomic E-state index is 5.83. The van der Waals surface area contributed by atoms with Gasteiger partial charge < -0.3 is 5.73 Å². The van der Waals surface area contributed by atoms with E-state index in [4.69, 9.17) is 17.3 Å². The standard InChI is InChI=1S/C10H16ClN3S/c1-7(12)3-4-15-6-10-13-8(2)5-9(11)14-10/h5,7H,3-4,6,12H2,1-2H3. The van der Waals surface area contributed by atoms with Crippen molar-refractivity contribution >= 4 is 23.4 Å². The van der Waals surface area contributed by atoms with E-state index in [0.29, 0.717) is 5.15 Å². The van der Waals surface area contributed by atoms with Gasteiger partial charge in [-0.1, -0.05) is 11.6 Å². The zero-order valence-electron chi connectivity index (χ0n) is 9.03. The second kappa shape index (κ2) is 6.30. The second-order valence-electron chi connectivity index (χ2n) is 3.57. The average molecular weight is 246 g/mol. The summed E-state index contributed by atoms with van der Waals surface area (Å²) in [6.07, 6.45) is 1.02. The Morgan fingerprint density at radius 1 is 1.53 bits per heavy atom. The number of rotatable bonds is 5. The first kappa shape index (κ1) is 12.7. The molecule has 1 aromatic rings. The first-order valence-electron chi connectivity index (χ1n) is 4.91. The lowest BCUT2D eigenvalue weighted by Gasteiger charge is -2.04. The molecule has 0 aliphatic carbocycles. The van der Waals surface area contributed by atoms with Crippen LogP contribution < -0.4 is 5.73 Å². The minimum Gasteiger partial charge on any atom is -0.328 e. The molecule has 0 saturated carbocycles. The SMILES string of the molecule is Cc1cc(Cl)nc(CSCCC(C)N)n1. The van der Waals surface area contributed by atoms with E-state index in [1.54, 1.807) is 17.8 Å². The number of hydrogen-bond acceptors (Lipinski definition) is 4. The monoisotopic (exact) mass is 245 g/mol. The first-order valence-corrected chi connectivity index (χ1v) is 6.44. The lowest BCUT2D eigenvalue weighted by Crippen LogP contribution is -2.15.